The minimum atomic E-state index is -1.35. The summed E-state index contributed by atoms with van der Waals surface area (Å²) in [7, 11) is 1.56. The lowest BCUT2D eigenvalue weighted by Gasteiger charge is -2.14. The maximum atomic E-state index is 12.1. The predicted molar refractivity (Wildman–Crippen MR) is 85.6 cm³/mol. The van der Waals surface area contributed by atoms with Crippen molar-refractivity contribution in [2.45, 2.75) is 0 Å². The molecular formula is C13H9BrNO4S2-. The van der Waals surface area contributed by atoms with Gasteiger partial charge in [-0.3, -0.25) is 9.69 Å². The summed E-state index contributed by atoms with van der Waals surface area (Å²) >= 11 is 9.43. The number of carbonyl (C=O) groups excluding carboxylic acids is 2. The van der Waals surface area contributed by atoms with Crippen LogP contribution in [0.5, 0.6) is 5.75 Å². The zero-order chi connectivity index (χ0) is 15.6. The summed E-state index contributed by atoms with van der Waals surface area (Å²) in [4.78, 5) is 24.1. The lowest BCUT2D eigenvalue weighted by atomic mass is 10.2. The molecule has 1 aromatic carbocycles. The Hall–Kier alpha value is -1.38. The summed E-state index contributed by atoms with van der Waals surface area (Å²) in [5, 5.41) is 10.6. The first-order valence-corrected chi connectivity index (χ1v) is 7.73. The van der Waals surface area contributed by atoms with E-state index in [0.29, 0.717) is 10.7 Å². The molecule has 0 bridgehead atoms. The topological polar surface area (TPSA) is 69.7 Å². The number of nitrogens with zero attached hydrogens (tertiary/aromatic N) is 1. The maximum Gasteiger partial charge on any atom is 0.266 e. The van der Waals surface area contributed by atoms with E-state index in [1.54, 1.807) is 31.4 Å². The number of hydrogen-bond donors (Lipinski definition) is 0. The summed E-state index contributed by atoms with van der Waals surface area (Å²) in [6.07, 6.45) is 1.65. The van der Waals surface area contributed by atoms with E-state index in [-0.39, 0.29) is 4.32 Å². The SMILES string of the molecule is COc1ccc(/C=C2/SC(=S)N(CC(=O)[O-])C2=O)cc1Br. The number of carboxylic acids is 1. The van der Waals surface area contributed by atoms with Crippen LogP contribution in [-0.4, -0.2) is 34.8 Å². The van der Waals surface area contributed by atoms with Gasteiger partial charge in [-0.05, 0) is 39.7 Å². The second kappa shape index (κ2) is 6.59. The molecule has 0 unspecified atom stereocenters. The summed E-state index contributed by atoms with van der Waals surface area (Å²) < 4.78 is 6.09. The Labute approximate surface area is 139 Å². The zero-order valence-corrected chi connectivity index (χ0v) is 14.0. The van der Waals surface area contributed by atoms with Gasteiger partial charge in [-0.15, -0.1) is 0 Å². The van der Waals surface area contributed by atoms with Crippen molar-refractivity contribution in [2.75, 3.05) is 13.7 Å². The van der Waals surface area contributed by atoms with Crippen molar-refractivity contribution in [2.24, 2.45) is 0 Å². The quantitative estimate of drug-likeness (QED) is 0.575. The zero-order valence-electron chi connectivity index (χ0n) is 10.8. The highest BCUT2D eigenvalue weighted by atomic mass is 79.9. The third kappa shape index (κ3) is 3.63. The van der Waals surface area contributed by atoms with E-state index in [0.717, 1.165) is 26.7 Å². The molecule has 0 N–H and O–H groups in total. The van der Waals surface area contributed by atoms with Gasteiger partial charge in [-0.1, -0.05) is 30.0 Å². The van der Waals surface area contributed by atoms with Crippen molar-refractivity contribution in [1.82, 2.24) is 4.90 Å². The van der Waals surface area contributed by atoms with Crippen LogP contribution in [0, 0.1) is 0 Å². The number of carboxylic acid groups (broad SMARTS) is 1. The first-order valence-electron chi connectivity index (χ1n) is 5.71. The molecule has 0 spiro atoms. The van der Waals surface area contributed by atoms with Gasteiger partial charge in [-0.25, -0.2) is 0 Å². The van der Waals surface area contributed by atoms with Gasteiger partial charge in [0.25, 0.3) is 5.91 Å². The normalized spacial score (nSPS) is 16.7. The van der Waals surface area contributed by atoms with Gasteiger partial charge in [0.05, 0.1) is 29.0 Å². The number of carbonyl (C=O) groups is 2. The van der Waals surface area contributed by atoms with Gasteiger partial charge >= 0.3 is 0 Å². The molecule has 21 heavy (non-hydrogen) atoms. The highest BCUT2D eigenvalue weighted by Crippen LogP contribution is 2.33. The van der Waals surface area contributed by atoms with Gasteiger partial charge in [0.15, 0.2) is 0 Å². The number of halogens is 1. The molecule has 1 fully saturated rings. The molecule has 8 heteroatoms. The van der Waals surface area contributed by atoms with E-state index in [9.17, 15) is 14.7 Å². The van der Waals surface area contributed by atoms with E-state index >= 15 is 0 Å². The summed E-state index contributed by atoms with van der Waals surface area (Å²) in [6, 6.07) is 5.34. The highest BCUT2D eigenvalue weighted by Gasteiger charge is 2.31. The van der Waals surface area contributed by atoms with E-state index in [1.807, 2.05) is 0 Å². The first-order chi connectivity index (χ1) is 9.92. The fourth-order valence-corrected chi connectivity index (χ4v) is 3.50. The molecule has 0 aliphatic carbocycles. The Bertz CT molecular complexity index is 660. The monoisotopic (exact) mass is 386 g/mol. The molecule has 110 valence electrons. The van der Waals surface area contributed by atoms with Crippen molar-refractivity contribution < 1.29 is 19.4 Å². The average molecular weight is 387 g/mol. The Morgan fingerprint density at radius 3 is 2.86 bits per heavy atom. The second-order valence-corrected chi connectivity index (χ2v) is 6.56. The van der Waals surface area contributed by atoms with Crippen LogP contribution < -0.4 is 9.84 Å². The number of thiocarbonyl (C=S) groups is 1. The first kappa shape index (κ1) is 16.0. The fourth-order valence-electron chi connectivity index (χ4n) is 1.69. The number of benzene rings is 1. The van der Waals surface area contributed by atoms with Crippen molar-refractivity contribution in [1.29, 1.82) is 0 Å². The van der Waals surface area contributed by atoms with Crippen LogP contribution in [0.15, 0.2) is 27.6 Å². The average Bonchev–Trinajstić information content (AvgIpc) is 2.66. The van der Waals surface area contributed by atoms with Crippen molar-refractivity contribution in [3.8, 4) is 5.75 Å². The van der Waals surface area contributed by atoms with E-state index in [2.05, 4.69) is 15.9 Å². The molecule has 1 amide bonds. The molecule has 2 rings (SSSR count). The largest absolute Gasteiger partial charge is 0.548 e. The molecule has 0 saturated carbocycles. The van der Waals surface area contributed by atoms with Crippen LogP contribution in [0.1, 0.15) is 5.56 Å². The lowest BCUT2D eigenvalue weighted by Crippen LogP contribution is -2.40. The Balaban J connectivity index is 2.26. The molecule has 1 heterocycles. The minimum Gasteiger partial charge on any atom is -0.548 e. The van der Waals surface area contributed by atoms with E-state index in [1.165, 1.54) is 0 Å². The third-order valence-electron chi connectivity index (χ3n) is 2.63. The van der Waals surface area contributed by atoms with Crippen molar-refractivity contribution in [3.05, 3.63) is 33.1 Å². The Kier molecular flexibility index (Phi) is 5.02. The predicted octanol–water partition coefficient (Wildman–Crippen LogP) is 1.41. The summed E-state index contributed by atoms with van der Waals surface area (Å²) in [6.45, 7) is -0.533. The second-order valence-electron chi connectivity index (χ2n) is 4.03. The Morgan fingerprint density at radius 2 is 2.29 bits per heavy atom. The van der Waals surface area contributed by atoms with Crippen LogP contribution >= 0.6 is 39.9 Å². The fraction of sp³-hybridized carbons (Fsp3) is 0.154. The van der Waals surface area contributed by atoms with E-state index in [4.69, 9.17) is 17.0 Å². The van der Waals surface area contributed by atoms with Crippen LogP contribution in [-0.2, 0) is 9.59 Å². The number of amides is 1. The lowest BCUT2D eigenvalue weighted by molar-refractivity contribution is -0.305. The number of rotatable bonds is 4. The Morgan fingerprint density at radius 1 is 1.57 bits per heavy atom. The number of methoxy groups -OCH3 is 1. The van der Waals surface area contributed by atoms with Crippen LogP contribution in [0.3, 0.4) is 0 Å². The third-order valence-corrected chi connectivity index (χ3v) is 4.63. The molecule has 0 radical (unpaired) electrons. The van der Waals surface area contributed by atoms with Crippen LogP contribution in [0.2, 0.25) is 0 Å². The number of aliphatic carboxylic acids is 1. The molecule has 1 aromatic rings. The number of ether oxygens (including phenoxy) is 1. The van der Waals surface area contributed by atoms with Crippen LogP contribution in [0.4, 0.5) is 0 Å². The molecule has 0 aromatic heterocycles. The van der Waals surface area contributed by atoms with Crippen LogP contribution in [0.25, 0.3) is 6.08 Å². The van der Waals surface area contributed by atoms with Gasteiger partial charge in [0.2, 0.25) is 0 Å². The maximum absolute atomic E-state index is 12.1. The standard InChI is InChI=1S/C13H10BrNO4S2/c1-19-9-3-2-7(4-8(9)14)5-10-12(18)15(6-11(16)17)13(20)21-10/h2-5H,6H2,1H3,(H,16,17)/p-1/b10-5+. The van der Waals surface area contributed by atoms with Gasteiger partial charge in [-0.2, -0.15) is 0 Å². The van der Waals surface area contributed by atoms with Gasteiger partial charge in [0.1, 0.15) is 10.1 Å². The summed E-state index contributed by atoms with van der Waals surface area (Å²) in [5.41, 5.74) is 0.775. The molecule has 0 atom stereocenters. The van der Waals surface area contributed by atoms with Crippen molar-refractivity contribution >= 4 is 62.2 Å². The van der Waals surface area contributed by atoms with E-state index < -0.39 is 18.4 Å². The highest BCUT2D eigenvalue weighted by molar-refractivity contribution is 9.10. The van der Waals surface area contributed by atoms with Gasteiger partial charge in [0, 0.05) is 0 Å². The molecule has 1 saturated heterocycles. The summed E-state index contributed by atoms with van der Waals surface area (Å²) in [5.74, 6) is -1.10. The molecule has 1 aliphatic rings. The molecule has 5 nitrogen and oxygen atoms in total. The molecular weight excluding hydrogens is 378 g/mol. The number of thioether (sulfide) groups is 1. The minimum absolute atomic E-state index is 0.211. The number of hydrogen-bond acceptors (Lipinski definition) is 6. The van der Waals surface area contributed by atoms with Gasteiger partial charge < -0.3 is 14.6 Å². The smallest absolute Gasteiger partial charge is 0.266 e. The van der Waals surface area contributed by atoms with Crippen molar-refractivity contribution in [3.63, 3.8) is 0 Å². The molecule has 1 aliphatic heterocycles.